The third kappa shape index (κ3) is 5.69. The number of benzene rings is 3. The SMILES string of the molecule is O=C1NC(=O)N(c2ccc(C34CC5CC(CC(C5)C3)C4)cc2)C(=O)/C1=C/c1cc(I)c(OCc2ccc(Br)cc2)c(I)c1. The molecule has 220 valence electrons. The molecule has 5 aliphatic rings. The number of hydrogen-bond acceptors (Lipinski definition) is 4. The zero-order valence-electron chi connectivity index (χ0n) is 23.2. The number of nitrogens with zero attached hydrogens (tertiary/aromatic N) is 1. The van der Waals surface area contributed by atoms with E-state index >= 15 is 0 Å². The summed E-state index contributed by atoms with van der Waals surface area (Å²) in [5.74, 6) is 1.91. The van der Waals surface area contributed by atoms with Gasteiger partial charge in [0.05, 0.1) is 12.8 Å². The van der Waals surface area contributed by atoms with Gasteiger partial charge in [-0.05, 0) is 166 Å². The van der Waals surface area contributed by atoms with Crippen LogP contribution in [0.2, 0.25) is 0 Å². The molecule has 4 bridgehead atoms. The van der Waals surface area contributed by atoms with Gasteiger partial charge in [-0.1, -0.05) is 40.2 Å². The third-order valence-electron chi connectivity index (χ3n) is 9.51. The highest BCUT2D eigenvalue weighted by Crippen LogP contribution is 2.60. The Morgan fingerprint density at radius 3 is 2.05 bits per heavy atom. The monoisotopic (exact) mass is 862 g/mol. The van der Waals surface area contributed by atoms with Gasteiger partial charge in [0.1, 0.15) is 17.9 Å². The van der Waals surface area contributed by atoms with Crippen LogP contribution in [-0.4, -0.2) is 17.8 Å². The number of ether oxygens (including phenoxy) is 1. The average molecular weight is 863 g/mol. The van der Waals surface area contributed by atoms with Crippen molar-refractivity contribution in [1.29, 1.82) is 0 Å². The van der Waals surface area contributed by atoms with Crippen molar-refractivity contribution in [3.63, 3.8) is 0 Å². The maximum absolute atomic E-state index is 13.6. The number of imide groups is 2. The van der Waals surface area contributed by atoms with E-state index in [9.17, 15) is 14.4 Å². The molecule has 4 amide bonds. The molecule has 0 spiro atoms. The van der Waals surface area contributed by atoms with E-state index in [0.717, 1.165) is 45.6 Å². The van der Waals surface area contributed by atoms with E-state index in [1.165, 1.54) is 44.1 Å². The van der Waals surface area contributed by atoms with E-state index in [-0.39, 0.29) is 11.0 Å². The summed E-state index contributed by atoms with van der Waals surface area (Å²) in [7, 11) is 0. The molecule has 3 aromatic rings. The molecular formula is C34H29BrI2N2O4. The minimum atomic E-state index is -0.726. The Labute approximate surface area is 286 Å². The zero-order chi connectivity index (χ0) is 29.9. The van der Waals surface area contributed by atoms with Gasteiger partial charge < -0.3 is 4.74 Å². The molecule has 1 N–H and O–H groups in total. The summed E-state index contributed by atoms with van der Waals surface area (Å²) in [4.78, 5) is 40.4. The fraction of sp³-hybridized carbons (Fsp3) is 0.324. The van der Waals surface area contributed by atoms with E-state index in [1.807, 2.05) is 48.5 Å². The molecular weight excluding hydrogens is 834 g/mol. The van der Waals surface area contributed by atoms with E-state index in [1.54, 1.807) is 6.08 Å². The number of nitrogens with one attached hydrogen (secondary N) is 1. The van der Waals surface area contributed by atoms with Crippen molar-refractivity contribution in [2.75, 3.05) is 4.90 Å². The van der Waals surface area contributed by atoms with Crippen molar-refractivity contribution in [3.8, 4) is 5.75 Å². The molecule has 0 unspecified atom stereocenters. The minimum absolute atomic E-state index is 0.0834. The second-order valence-corrected chi connectivity index (χ2v) is 15.7. The summed E-state index contributed by atoms with van der Waals surface area (Å²) in [5.41, 5.74) is 3.65. The zero-order valence-corrected chi connectivity index (χ0v) is 29.1. The molecule has 5 fully saturated rings. The van der Waals surface area contributed by atoms with Crippen LogP contribution in [0.3, 0.4) is 0 Å². The first-order chi connectivity index (χ1) is 20.7. The number of barbiturate groups is 1. The van der Waals surface area contributed by atoms with Crippen molar-refractivity contribution in [2.24, 2.45) is 17.8 Å². The molecule has 8 rings (SSSR count). The van der Waals surface area contributed by atoms with Crippen molar-refractivity contribution >= 4 is 90.7 Å². The number of halogens is 3. The molecule has 0 aromatic heterocycles. The highest BCUT2D eigenvalue weighted by Gasteiger charge is 2.51. The molecule has 0 radical (unpaired) electrons. The Balaban J connectivity index is 1.11. The summed E-state index contributed by atoms with van der Waals surface area (Å²) in [5, 5.41) is 2.36. The van der Waals surface area contributed by atoms with Crippen LogP contribution in [0, 0.1) is 24.9 Å². The largest absolute Gasteiger partial charge is 0.487 e. The van der Waals surface area contributed by atoms with Crippen LogP contribution in [0.15, 0.2) is 70.7 Å². The molecule has 4 aliphatic carbocycles. The van der Waals surface area contributed by atoms with Crippen molar-refractivity contribution in [1.82, 2.24) is 5.32 Å². The Hall–Kier alpha value is -2.25. The van der Waals surface area contributed by atoms with Crippen LogP contribution in [0.4, 0.5) is 10.5 Å². The average Bonchev–Trinajstić information content (AvgIpc) is 2.95. The van der Waals surface area contributed by atoms with Crippen molar-refractivity contribution < 1.29 is 19.1 Å². The van der Waals surface area contributed by atoms with Gasteiger partial charge in [0, 0.05) is 4.47 Å². The molecule has 9 heteroatoms. The first kappa shape index (κ1) is 29.5. The summed E-state index contributed by atoms with van der Waals surface area (Å²) in [6, 6.07) is 18.9. The van der Waals surface area contributed by atoms with Gasteiger partial charge in [0.2, 0.25) is 0 Å². The van der Waals surface area contributed by atoms with Crippen LogP contribution >= 0.6 is 61.1 Å². The van der Waals surface area contributed by atoms with E-state index < -0.39 is 17.8 Å². The van der Waals surface area contributed by atoms with Gasteiger partial charge >= 0.3 is 6.03 Å². The normalized spacial score (nSPS) is 27.1. The maximum atomic E-state index is 13.6. The molecule has 1 heterocycles. The summed E-state index contributed by atoms with van der Waals surface area (Å²) < 4.78 is 8.82. The molecule has 6 nitrogen and oxygen atoms in total. The number of carbonyl (C=O) groups excluding carboxylic acids is 3. The lowest BCUT2D eigenvalue weighted by Gasteiger charge is -2.57. The Morgan fingerprint density at radius 1 is 0.884 bits per heavy atom. The molecule has 1 aliphatic heterocycles. The number of anilines is 1. The van der Waals surface area contributed by atoms with E-state index in [0.29, 0.717) is 17.9 Å². The fourth-order valence-corrected chi connectivity index (χ4v) is 10.4. The summed E-state index contributed by atoms with van der Waals surface area (Å²) >= 11 is 7.85. The standard InChI is InChI=1S/C34H29BrI2N2O4/c35-25-5-1-19(2-6-25)18-43-30-28(36)13-20(14-29(30)37)12-27-31(40)38-33(42)39(32(27)41)26-7-3-24(4-8-26)34-15-21-9-22(16-34)11-23(10-21)17-34/h1-8,12-14,21-23H,9-11,15-18H2,(H,38,40,42)/b27-12+. The van der Waals surface area contributed by atoms with Crippen LogP contribution in [0.1, 0.15) is 55.2 Å². The lowest BCUT2D eigenvalue weighted by Crippen LogP contribution is -2.54. The van der Waals surface area contributed by atoms with Gasteiger partial charge in [-0.2, -0.15) is 0 Å². The Morgan fingerprint density at radius 2 is 1.47 bits per heavy atom. The lowest BCUT2D eigenvalue weighted by atomic mass is 9.48. The smallest absolute Gasteiger partial charge is 0.335 e. The van der Waals surface area contributed by atoms with Crippen LogP contribution in [-0.2, 0) is 21.6 Å². The Bertz CT molecular complexity index is 1610. The summed E-state index contributed by atoms with van der Waals surface area (Å²) in [6.07, 6.45) is 9.41. The van der Waals surface area contributed by atoms with Gasteiger partial charge in [-0.25, -0.2) is 9.69 Å². The molecule has 1 saturated heterocycles. The Kier molecular flexibility index (Phi) is 7.94. The second kappa shape index (κ2) is 11.6. The number of carbonyl (C=O) groups is 3. The van der Waals surface area contributed by atoms with Gasteiger partial charge in [0.15, 0.2) is 0 Å². The second-order valence-electron chi connectivity index (χ2n) is 12.4. The van der Waals surface area contributed by atoms with Gasteiger partial charge in [-0.15, -0.1) is 0 Å². The van der Waals surface area contributed by atoms with E-state index in [4.69, 9.17) is 4.74 Å². The molecule has 3 aromatic carbocycles. The first-order valence-corrected chi connectivity index (χ1v) is 17.5. The van der Waals surface area contributed by atoms with Crippen molar-refractivity contribution in [2.45, 2.75) is 50.5 Å². The van der Waals surface area contributed by atoms with Crippen LogP contribution in [0.5, 0.6) is 5.75 Å². The fourth-order valence-electron chi connectivity index (χ4n) is 8.02. The first-order valence-electron chi connectivity index (χ1n) is 14.6. The number of urea groups is 1. The quantitative estimate of drug-likeness (QED) is 0.154. The maximum Gasteiger partial charge on any atom is 0.335 e. The summed E-state index contributed by atoms with van der Waals surface area (Å²) in [6.45, 7) is 0.416. The molecule has 0 atom stereocenters. The lowest BCUT2D eigenvalue weighted by molar-refractivity contribution is -0.122. The van der Waals surface area contributed by atoms with Gasteiger partial charge in [0.25, 0.3) is 11.8 Å². The predicted octanol–water partition coefficient (Wildman–Crippen LogP) is 8.37. The van der Waals surface area contributed by atoms with Crippen LogP contribution in [0.25, 0.3) is 6.08 Å². The van der Waals surface area contributed by atoms with E-state index in [2.05, 4.69) is 78.6 Å². The molecule has 4 saturated carbocycles. The highest BCUT2D eigenvalue weighted by atomic mass is 127. The van der Waals surface area contributed by atoms with Crippen molar-refractivity contribution in [3.05, 3.63) is 94.5 Å². The predicted molar refractivity (Wildman–Crippen MR) is 186 cm³/mol. The molecule has 43 heavy (non-hydrogen) atoms. The van der Waals surface area contributed by atoms with Gasteiger partial charge in [-0.3, -0.25) is 14.9 Å². The minimum Gasteiger partial charge on any atom is -0.487 e. The number of rotatable bonds is 6. The highest BCUT2D eigenvalue weighted by molar-refractivity contribution is 14.1. The van der Waals surface area contributed by atoms with Crippen LogP contribution < -0.4 is 15.0 Å². The number of hydrogen-bond donors (Lipinski definition) is 1. The number of amides is 4. The topological polar surface area (TPSA) is 75.7 Å². The third-order valence-corrected chi connectivity index (χ3v) is 11.6.